The van der Waals surface area contributed by atoms with Crippen molar-refractivity contribution in [2.75, 3.05) is 6.61 Å². The summed E-state index contributed by atoms with van der Waals surface area (Å²) >= 11 is 0. The highest BCUT2D eigenvalue weighted by Crippen LogP contribution is 2.25. The molecule has 0 fully saturated rings. The first-order chi connectivity index (χ1) is 12.0. The molecule has 0 aliphatic rings. The van der Waals surface area contributed by atoms with E-state index in [0.29, 0.717) is 5.92 Å². The number of benzene rings is 2. The summed E-state index contributed by atoms with van der Waals surface area (Å²) in [6.07, 6.45) is 0. The third-order valence-electron chi connectivity index (χ3n) is 4.10. The molecule has 5 heteroatoms. The van der Waals surface area contributed by atoms with Gasteiger partial charge in [0.05, 0.1) is 17.1 Å². The second-order valence-electron chi connectivity index (χ2n) is 6.41. The van der Waals surface area contributed by atoms with E-state index in [0.717, 1.165) is 28.2 Å². The molecular formula is C20H23N3O2. The number of nitrogens with zero attached hydrogens (tertiary/aromatic N) is 1. The van der Waals surface area contributed by atoms with Gasteiger partial charge in [0.15, 0.2) is 6.61 Å². The van der Waals surface area contributed by atoms with Crippen LogP contribution in [0.2, 0.25) is 0 Å². The number of fused-ring (bicyclic) bond motifs is 1. The van der Waals surface area contributed by atoms with Gasteiger partial charge in [-0.1, -0.05) is 44.2 Å². The van der Waals surface area contributed by atoms with Crippen molar-refractivity contribution in [1.82, 2.24) is 15.3 Å². The van der Waals surface area contributed by atoms with Crippen molar-refractivity contribution in [3.8, 4) is 5.75 Å². The maximum atomic E-state index is 12.2. The van der Waals surface area contributed by atoms with Gasteiger partial charge in [0.25, 0.3) is 5.91 Å². The van der Waals surface area contributed by atoms with Crippen molar-refractivity contribution < 1.29 is 9.53 Å². The summed E-state index contributed by atoms with van der Waals surface area (Å²) in [5.74, 6) is 1.65. The highest BCUT2D eigenvalue weighted by Gasteiger charge is 2.15. The number of para-hydroxylation sites is 3. The number of hydrogen-bond acceptors (Lipinski definition) is 3. The van der Waals surface area contributed by atoms with Gasteiger partial charge in [-0.2, -0.15) is 0 Å². The second kappa shape index (κ2) is 7.38. The Morgan fingerprint density at radius 3 is 2.60 bits per heavy atom. The van der Waals surface area contributed by atoms with Crippen molar-refractivity contribution in [2.24, 2.45) is 0 Å². The lowest BCUT2D eigenvalue weighted by atomic mass is 10.0. The molecule has 0 radical (unpaired) electrons. The van der Waals surface area contributed by atoms with Crippen LogP contribution in [0.3, 0.4) is 0 Å². The van der Waals surface area contributed by atoms with E-state index in [-0.39, 0.29) is 18.6 Å². The quantitative estimate of drug-likeness (QED) is 0.716. The van der Waals surface area contributed by atoms with Crippen molar-refractivity contribution >= 4 is 16.9 Å². The van der Waals surface area contributed by atoms with Gasteiger partial charge in [0.1, 0.15) is 11.6 Å². The number of imidazole rings is 1. The third kappa shape index (κ3) is 3.99. The Hall–Kier alpha value is -2.82. The topological polar surface area (TPSA) is 67.0 Å². The summed E-state index contributed by atoms with van der Waals surface area (Å²) < 4.78 is 5.71. The van der Waals surface area contributed by atoms with E-state index in [1.807, 2.05) is 55.5 Å². The molecule has 25 heavy (non-hydrogen) atoms. The SMILES string of the molecule is CC(C)c1ccccc1OCC(=O)N[C@@H](C)c1nc2ccccc2[nH]1. The van der Waals surface area contributed by atoms with Crippen LogP contribution in [-0.2, 0) is 4.79 Å². The molecule has 0 saturated heterocycles. The van der Waals surface area contributed by atoms with Gasteiger partial charge in [0.2, 0.25) is 0 Å². The number of nitrogens with one attached hydrogen (secondary N) is 2. The Kier molecular flexibility index (Phi) is 5.03. The lowest BCUT2D eigenvalue weighted by Gasteiger charge is -2.15. The van der Waals surface area contributed by atoms with Gasteiger partial charge in [0, 0.05) is 0 Å². The fourth-order valence-corrected chi connectivity index (χ4v) is 2.76. The average molecular weight is 337 g/mol. The van der Waals surface area contributed by atoms with Crippen LogP contribution >= 0.6 is 0 Å². The molecule has 0 spiro atoms. The van der Waals surface area contributed by atoms with E-state index in [4.69, 9.17) is 4.74 Å². The number of carbonyl (C=O) groups excluding carboxylic acids is 1. The van der Waals surface area contributed by atoms with Crippen LogP contribution in [0.15, 0.2) is 48.5 Å². The van der Waals surface area contributed by atoms with E-state index in [9.17, 15) is 4.79 Å². The molecule has 1 atom stereocenters. The molecule has 2 aromatic carbocycles. The molecular weight excluding hydrogens is 314 g/mol. The van der Waals surface area contributed by atoms with Crippen molar-refractivity contribution in [3.63, 3.8) is 0 Å². The summed E-state index contributed by atoms with van der Waals surface area (Å²) in [6.45, 7) is 6.09. The molecule has 0 unspecified atom stereocenters. The third-order valence-corrected chi connectivity index (χ3v) is 4.10. The monoisotopic (exact) mass is 337 g/mol. The smallest absolute Gasteiger partial charge is 0.258 e. The number of ether oxygens (including phenoxy) is 1. The Labute approximate surface area is 147 Å². The van der Waals surface area contributed by atoms with Crippen LogP contribution < -0.4 is 10.1 Å². The van der Waals surface area contributed by atoms with E-state index < -0.39 is 0 Å². The molecule has 1 amide bonds. The van der Waals surface area contributed by atoms with Gasteiger partial charge in [-0.3, -0.25) is 4.79 Å². The molecule has 1 aromatic heterocycles. The Balaban J connectivity index is 1.61. The molecule has 5 nitrogen and oxygen atoms in total. The number of H-pyrrole nitrogens is 1. The van der Waals surface area contributed by atoms with Crippen LogP contribution in [0.25, 0.3) is 11.0 Å². The fourth-order valence-electron chi connectivity index (χ4n) is 2.76. The molecule has 0 bridgehead atoms. The lowest BCUT2D eigenvalue weighted by molar-refractivity contribution is -0.123. The van der Waals surface area contributed by atoms with Crippen LogP contribution in [0.4, 0.5) is 0 Å². The first-order valence-electron chi connectivity index (χ1n) is 8.50. The molecule has 0 aliphatic carbocycles. The molecule has 0 aliphatic heterocycles. The number of carbonyl (C=O) groups is 1. The maximum Gasteiger partial charge on any atom is 0.258 e. The molecule has 2 N–H and O–H groups in total. The summed E-state index contributed by atoms with van der Waals surface area (Å²) in [7, 11) is 0. The minimum atomic E-state index is -0.219. The van der Waals surface area contributed by atoms with Crippen LogP contribution in [-0.4, -0.2) is 22.5 Å². The largest absolute Gasteiger partial charge is 0.483 e. The van der Waals surface area contributed by atoms with Crippen LogP contribution in [0.1, 0.15) is 44.1 Å². The van der Waals surface area contributed by atoms with Gasteiger partial charge in [-0.05, 0) is 36.6 Å². The first-order valence-corrected chi connectivity index (χ1v) is 8.50. The maximum absolute atomic E-state index is 12.2. The average Bonchev–Trinajstić information content (AvgIpc) is 3.04. The van der Waals surface area contributed by atoms with E-state index in [2.05, 4.69) is 29.1 Å². The van der Waals surface area contributed by atoms with Gasteiger partial charge < -0.3 is 15.0 Å². The lowest BCUT2D eigenvalue weighted by Crippen LogP contribution is -2.31. The van der Waals surface area contributed by atoms with E-state index in [1.54, 1.807) is 0 Å². The molecule has 130 valence electrons. The van der Waals surface area contributed by atoms with Gasteiger partial charge >= 0.3 is 0 Å². The minimum absolute atomic E-state index is 0.0195. The molecule has 3 aromatic rings. The van der Waals surface area contributed by atoms with E-state index >= 15 is 0 Å². The van der Waals surface area contributed by atoms with Crippen molar-refractivity contribution in [1.29, 1.82) is 0 Å². The zero-order valence-corrected chi connectivity index (χ0v) is 14.7. The van der Waals surface area contributed by atoms with Crippen molar-refractivity contribution in [2.45, 2.75) is 32.7 Å². The standard InChI is InChI=1S/C20H23N3O2/c1-13(2)15-8-4-7-11-18(15)25-12-19(24)21-14(3)20-22-16-9-5-6-10-17(16)23-20/h4-11,13-14H,12H2,1-3H3,(H,21,24)(H,22,23)/t14-/m0/s1. The predicted octanol–water partition coefficient (Wildman–Crippen LogP) is 3.94. The Morgan fingerprint density at radius 2 is 1.84 bits per heavy atom. The van der Waals surface area contributed by atoms with E-state index in [1.165, 1.54) is 0 Å². The normalized spacial score (nSPS) is 12.3. The number of hydrogen-bond donors (Lipinski definition) is 2. The Morgan fingerprint density at radius 1 is 1.12 bits per heavy atom. The molecule has 3 rings (SSSR count). The highest BCUT2D eigenvalue weighted by atomic mass is 16.5. The summed E-state index contributed by atoms with van der Waals surface area (Å²) in [5, 5.41) is 2.92. The van der Waals surface area contributed by atoms with Crippen LogP contribution in [0.5, 0.6) is 5.75 Å². The fraction of sp³-hybridized carbons (Fsp3) is 0.300. The summed E-state index contributed by atoms with van der Waals surface area (Å²) in [6, 6.07) is 15.4. The number of aromatic amines is 1. The minimum Gasteiger partial charge on any atom is -0.483 e. The summed E-state index contributed by atoms with van der Waals surface area (Å²) in [5.41, 5.74) is 2.95. The number of amides is 1. The number of aromatic nitrogens is 2. The van der Waals surface area contributed by atoms with Crippen LogP contribution in [0, 0.1) is 0 Å². The van der Waals surface area contributed by atoms with Gasteiger partial charge in [-0.25, -0.2) is 4.98 Å². The number of rotatable bonds is 6. The summed E-state index contributed by atoms with van der Waals surface area (Å²) in [4.78, 5) is 20.0. The van der Waals surface area contributed by atoms with Crippen molar-refractivity contribution in [3.05, 3.63) is 59.9 Å². The second-order valence-corrected chi connectivity index (χ2v) is 6.41. The Bertz CT molecular complexity index is 837. The highest BCUT2D eigenvalue weighted by molar-refractivity contribution is 5.78. The first kappa shape index (κ1) is 17.0. The molecule has 0 saturated carbocycles. The zero-order valence-electron chi connectivity index (χ0n) is 14.7. The van der Waals surface area contributed by atoms with Gasteiger partial charge in [-0.15, -0.1) is 0 Å². The zero-order chi connectivity index (χ0) is 17.8. The molecule has 1 heterocycles. The predicted molar refractivity (Wildman–Crippen MR) is 98.7 cm³/mol.